The van der Waals surface area contributed by atoms with Gasteiger partial charge in [-0.15, -0.1) is 0 Å². The Kier molecular flexibility index (Phi) is 6.73. The normalized spacial score (nSPS) is 21.7. The molecule has 0 spiro atoms. The van der Waals surface area contributed by atoms with Gasteiger partial charge in [0.05, 0.1) is 18.5 Å². The minimum atomic E-state index is 0.0220. The molecule has 2 N–H and O–H groups in total. The second-order valence-electron chi connectivity index (χ2n) is 9.24. The van der Waals surface area contributed by atoms with Gasteiger partial charge in [0.2, 0.25) is 5.95 Å². The number of hydrogen-bond acceptors (Lipinski definition) is 9. The first-order valence-corrected chi connectivity index (χ1v) is 12.2. The molecule has 2 aliphatic heterocycles. The number of hydrogen-bond donors (Lipinski definition) is 2. The van der Waals surface area contributed by atoms with Gasteiger partial charge in [0.15, 0.2) is 5.78 Å². The Morgan fingerprint density at radius 3 is 2.65 bits per heavy atom. The van der Waals surface area contributed by atoms with E-state index in [0.29, 0.717) is 36.7 Å². The minimum absolute atomic E-state index is 0.0220. The summed E-state index contributed by atoms with van der Waals surface area (Å²) < 4.78 is 5.97. The number of nitrogens with one attached hydrogen (secondary N) is 2. The minimum Gasteiger partial charge on any atom is -0.368 e. The fourth-order valence-corrected chi connectivity index (χ4v) is 5.04. The summed E-state index contributed by atoms with van der Waals surface area (Å²) in [6.07, 6.45) is 8.38. The van der Waals surface area contributed by atoms with E-state index in [0.717, 1.165) is 61.7 Å². The third-order valence-corrected chi connectivity index (χ3v) is 7.03. The molecule has 0 unspecified atom stereocenters. The summed E-state index contributed by atoms with van der Waals surface area (Å²) in [6.45, 7) is 8.22. The van der Waals surface area contributed by atoms with Gasteiger partial charge in [-0.3, -0.25) is 4.79 Å². The Balaban J connectivity index is 1.44. The van der Waals surface area contributed by atoms with E-state index in [4.69, 9.17) is 9.72 Å². The van der Waals surface area contributed by atoms with Crippen molar-refractivity contribution >= 4 is 34.6 Å². The number of carbonyl (C=O) groups is 1. The number of aromatic nitrogens is 3. The molecule has 2 aromatic heterocycles. The van der Waals surface area contributed by atoms with E-state index in [1.807, 2.05) is 25.4 Å². The molecule has 34 heavy (non-hydrogen) atoms. The van der Waals surface area contributed by atoms with Gasteiger partial charge in [0.25, 0.3) is 0 Å². The molecule has 180 valence electrons. The summed E-state index contributed by atoms with van der Waals surface area (Å²) in [5, 5.41) is 6.64. The highest BCUT2D eigenvalue weighted by Gasteiger charge is 2.29. The van der Waals surface area contributed by atoms with E-state index in [1.165, 1.54) is 12.8 Å². The first kappa shape index (κ1) is 22.7. The topological polar surface area (TPSA) is 95.5 Å². The number of rotatable bonds is 5. The number of allylic oxidation sites excluding steroid dienone is 1. The summed E-state index contributed by atoms with van der Waals surface area (Å²) in [5.41, 5.74) is 3.58. The van der Waals surface area contributed by atoms with Crippen LogP contribution in [-0.4, -0.2) is 66.3 Å². The van der Waals surface area contributed by atoms with Crippen LogP contribution in [0.3, 0.4) is 0 Å². The van der Waals surface area contributed by atoms with Gasteiger partial charge < -0.3 is 25.2 Å². The number of ether oxygens (including phenoxy) is 1. The molecule has 0 bridgehead atoms. The van der Waals surface area contributed by atoms with Gasteiger partial charge in [-0.05, 0) is 44.4 Å². The van der Waals surface area contributed by atoms with Crippen molar-refractivity contribution in [2.24, 2.45) is 0 Å². The number of nitrogens with zero attached hydrogens (tertiary/aromatic N) is 5. The lowest BCUT2D eigenvalue weighted by Gasteiger charge is -2.33. The van der Waals surface area contributed by atoms with Crippen LogP contribution in [-0.2, 0) is 9.53 Å². The maximum absolute atomic E-state index is 12.3. The molecule has 5 rings (SSSR count). The summed E-state index contributed by atoms with van der Waals surface area (Å²) in [4.78, 5) is 30.9. The molecular weight excluding hydrogens is 430 g/mol. The van der Waals surface area contributed by atoms with Crippen molar-refractivity contribution in [1.82, 2.24) is 20.3 Å². The number of ketones is 1. The zero-order chi connectivity index (χ0) is 23.5. The molecule has 2 aromatic rings. The van der Waals surface area contributed by atoms with Gasteiger partial charge >= 0.3 is 0 Å². The van der Waals surface area contributed by atoms with Crippen LogP contribution in [0.4, 0.5) is 23.3 Å². The van der Waals surface area contributed by atoms with Gasteiger partial charge in [-0.25, -0.2) is 9.97 Å². The first-order chi connectivity index (χ1) is 16.6. The van der Waals surface area contributed by atoms with Crippen LogP contribution < -0.4 is 20.4 Å². The van der Waals surface area contributed by atoms with E-state index < -0.39 is 0 Å². The van der Waals surface area contributed by atoms with Crippen molar-refractivity contribution in [2.45, 2.75) is 45.6 Å². The fraction of sp³-hybridized carbons (Fsp3) is 0.520. The standard InChI is InChI=1S/C25H33N7O2/c1-17-21-14-28-25(29-23-8-7-20(13-27-23)31-11-9-26-10-12-31)30-24(21)32(19-5-3-4-6-19)16-34-15-22(17)18(2)33/h7-8,13-14,19,26H,3-6,9-12,15-16H2,1-2H3,(H,27,28,29,30)/b22-17+. The highest BCUT2D eigenvalue weighted by Crippen LogP contribution is 2.35. The summed E-state index contributed by atoms with van der Waals surface area (Å²) >= 11 is 0. The van der Waals surface area contributed by atoms with E-state index in [-0.39, 0.29) is 5.78 Å². The van der Waals surface area contributed by atoms with Crippen molar-refractivity contribution in [1.29, 1.82) is 0 Å². The van der Waals surface area contributed by atoms with Gasteiger partial charge in [-0.1, -0.05) is 12.8 Å². The Morgan fingerprint density at radius 2 is 1.94 bits per heavy atom. The molecule has 3 aliphatic rings. The largest absolute Gasteiger partial charge is 0.368 e. The summed E-state index contributed by atoms with van der Waals surface area (Å²) in [6, 6.07) is 4.43. The zero-order valence-corrected chi connectivity index (χ0v) is 20.0. The predicted octanol–water partition coefficient (Wildman–Crippen LogP) is 3.12. The summed E-state index contributed by atoms with van der Waals surface area (Å²) in [7, 11) is 0. The lowest BCUT2D eigenvalue weighted by molar-refractivity contribution is -0.114. The zero-order valence-electron chi connectivity index (χ0n) is 20.0. The van der Waals surface area contributed by atoms with Crippen LogP contribution in [0.2, 0.25) is 0 Å². The van der Waals surface area contributed by atoms with Crippen LogP contribution in [0, 0.1) is 0 Å². The lowest BCUT2D eigenvalue weighted by Crippen LogP contribution is -2.43. The highest BCUT2D eigenvalue weighted by atomic mass is 16.5. The Morgan fingerprint density at radius 1 is 1.15 bits per heavy atom. The third-order valence-electron chi connectivity index (χ3n) is 7.03. The Hall–Kier alpha value is -3.04. The van der Waals surface area contributed by atoms with E-state index in [2.05, 4.69) is 36.5 Å². The van der Waals surface area contributed by atoms with Crippen LogP contribution in [0.15, 0.2) is 30.1 Å². The maximum atomic E-state index is 12.3. The Labute approximate surface area is 200 Å². The lowest BCUT2D eigenvalue weighted by atomic mass is 9.99. The van der Waals surface area contributed by atoms with Crippen molar-refractivity contribution in [3.63, 3.8) is 0 Å². The SMILES string of the molecule is CC(=O)/C1=C(\C)c2cnc(Nc3ccc(N4CCNCC4)cn3)nc2N(C2CCCC2)COC1. The number of Topliss-reactive ketones (excluding diaryl/α,β-unsaturated/α-hetero) is 1. The monoisotopic (exact) mass is 463 g/mol. The molecule has 0 amide bonds. The number of piperazine rings is 1. The second-order valence-corrected chi connectivity index (χ2v) is 9.24. The molecule has 1 saturated carbocycles. The van der Waals surface area contributed by atoms with Crippen LogP contribution >= 0.6 is 0 Å². The second kappa shape index (κ2) is 10.1. The average molecular weight is 464 g/mol. The smallest absolute Gasteiger partial charge is 0.230 e. The van der Waals surface area contributed by atoms with Gasteiger partial charge in [0, 0.05) is 49.6 Å². The van der Waals surface area contributed by atoms with Crippen molar-refractivity contribution in [2.75, 3.05) is 54.6 Å². The molecule has 0 atom stereocenters. The van der Waals surface area contributed by atoms with Gasteiger partial charge in [0.1, 0.15) is 18.4 Å². The van der Waals surface area contributed by atoms with E-state index in [9.17, 15) is 4.79 Å². The molecule has 1 saturated heterocycles. The van der Waals surface area contributed by atoms with E-state index in [1.54, 1.807) is 6.92 Å². The number of pyridine rings is 1. The van der Waals surface area contributed by atoms with Gasteiger partial charge in [-0.2, -0.15) is 4.98 Å². The number of fused-ring (bicyclic) bond motifs is 1. The molecule has 0 radical (unpaired) electrons. The van der Waals surface area contributed by atoms with Crippen LogP contribution in [0.25, 0.3) is 5.57 Å². The maximum Gasteiger partial charge on any atom is 0.230 e. The van der Waals surface area contributed by atoms with E-state index >= 15 is 0 Å². The van der Waals surface area contributed by atoms with Crippen molar-refractivity contribution in [3.8, 4) is 0 Å². The molecule has 2 fully saturated rings. The molecule has 9 nitrogen and oxygen atoms in total. The molecular formula is C25H33N7O2. The number of anilines is 4. The third kappa shape index (κ3) is 4.76. The van der Waals surface area contributed by atoms with Crippen molar-refractivity contribution in [3.05, 3.63) is 35.7 Å². The Bertz CT molecular complexity index is 1060. The molecule has 0 aromatic carbocycles. The average Bonchev–Trinajstić information content (AvgIpc) is 3.38. The fourth-order valence-electron chi connectivity index (χ4n) is 5.04. The molecule has 1 aliphatic carbocycles. The molecule has 9 heteroatoms. The quantitative estimate of drug-likeness (QED) is 0.693. The van der Waals surface area contributed by atoms with Crippen molar-refractivity contribution < 1.29 is 9.53 Å². The van der Waals surface area contributed by atoms with Crippen LogP contribution in [0.5, 0.6) is 0 Å². The van der Waals surface area contributed by atoms with Crippen LogP contribution in [0.1, 0.15) is 45.1 Å². The summed E-state index contributed by atoms with van der Waals surface area (Å²) in [5.74, 6) is 2.03. The first-order valence-electron chi connectivity index (χ1n) is 12.2. The predicted molar refractivity (Wildman–Crippen MR) is 133 cm³/mol. The highest BCUT2D eigenvalue weighted by molar-refractivity contribution is 6.02. The number of carbonyl (C=O) groups excluding carboxylic acids is 1. The molecule has 4 heterocycles.